The molecule has 1 N–H and O–H groups in total. The van der Waals surface area contributed by atoms with E-state index in [-0.39, 0.29) is 6.42 Å². The highest BCUT2D eigenvalue weighted by atomic mass is 16.4. The highest BCUT2D eigenvalue weighted by Crippen LogP contribution is 2.33. The molecule has 1 aromatic rings. The fourth-order valence-electron chi connectivity index (χ4n) is 2.10. The lowest BCUT2D eigenvalue weighted by molar-refractivity contribution is -0.136. The molecule has 2 rings (SSSR count). The van der Waals surface area contributed by atoms with E-state index >= 15 is 0 Å². The molecule has 0 amide bonds. The zero-order valence-electron chi connectivity index (χ0n) is 10.9. The minimum atomic E-state index is -0.724. The zero-order chi connectivity index (χ0) is 13.0. The second-order valence-electron chi connectivity index (χ2n) is 5.20. The van der Waals surface area contributed by atoms with Crippen LogP contribution in [0.3, 0.4) is 0 Å². The number of nitrogens with zero attached hydrogens (tertiary/aromatic N) is 1. The first kappa shape index (κ1) is 12.9. The average Bonchev–Trinajstić information content (AvgIpc) is 3.14. The molecule has 0 heterocycles. The predicted molar refractivity (Wildman–Crippen MR) is 73.0 cm³/mol. The van der Waals surface area contributed by atoms with Gasteiger partial charge in [-0.3, -0.25) is 4.79 Å². The summed E-state index contributed by atoms with van der Waals surface area (Å²) < 4.78 is 0. The SMILES string of the molecule is Cc1ccc(N(CCC(=O)O)CCC2CC2)cc1. The van der Waals surface area contributed by atoms with Crippen LogP contribution in [0.5, 0.6) is 0 Å². The maximum atomic E-state index is 10.7. The summed E-state index contributed by atoms with van der Waals surface area (Å²) in [6.45, 7) is 3.64. The number of carbonyl (C=O) groups is 1. The molecule has 1 aromatic carbocycles. The maximum absolute atomic E-state index is 10.7. The molecule has 1 aliphatic carbocycles. The van der Waals surface area contributed by atoms with Crippen molar-refractivity contribution < 1.29 is 9.90 Å². The molecular weight excluding hydrogens is 226 g/mol. The van der Waals surface area contributed by atoms with Crippen LogP contribution in [0.25, 0.3) is 0 Å². The second kappa shape index (κ2) is 5.89. The predicted octanol–water partition coefficient (Wildman–Crippen LogP) is 3.08. The van der Waals surface area contributed by atoms with E-state index in [0.717, 1.165) is 18.2 Å². The van der Waals surface area contributed by atoms with E-state index in [1.54, 1.807) is 0 Å². The quantitative estimate of drug-likeness (QED) is 0.805. The zero-order valence-corrected chi connectivity index (χ0v) is 10.9. The van der Waals surface area contributed by atoms with E-state index in [0.29, 0.717) is 6.54 Å². The largest absolute Gasteiger partial charge is 0.481 e. The highest BCUT2D eigenvalue weighted by Gasteiger charge is 2.22. The lowest BCUT2D eigenvalue weighted by Gasteiger charge is -2.24. The van der Waals surface area contributed by atoms with Crippen LogP contribution in [0.1, 0.15) is 31.2 Å². The number of aliphatic carboxylic acids is 1. The molecule has 0 unspecified atom stereocenters. The monoisotopic (exact) mass is 247 g/mol. The molecule has 1 aliphatic rings. The first-order chi connectivity index (χ1) is 8.65. The van der Waals surface area contributed by atoms with Crippen LogP contribution in [0, 0.1) is 12.8 Å². The molecule has 98 valence electrons. The molecule has 0 spiro atoms. The van der Waals surface area contributed by atoms with Crippen LogP contribution in [-0.2, 0) is 4.79 Å². The third-order valence-electron chi connectivity index (χ3n) is 3.50. The lowest BCUT2D eigenvalue weighted by Crippen LogP contribution is -2.27. The van der Waals surface area contributed by atoms with Crippen molar-refractivity contribution in [2.45, 2.75) is 32.6 Å². The van der Waals surface area contributed by atoms with Gasteiger partial charge in [0.15, 0.2) is 0 Å². The minimum absolute atomic E-state index is 0.207. The minimum Gasteiger partial charge on any atom is -0.481 e. The molecule has 0 aromatic heterocycles. The van der Waals surface area contributed by atoms with Gasteiger partial charge in [-0.2, -0.15) is 0 Å². The molecule has 0 bridgehead atoms. The van der Waals surface area contributed by atoms with Gasteiger partial charge in [-0.05, 0) is 31.4 Å². The van der Waals surface area contributed by atoms with Crippen molar-refractivity contribution in [3.05, 3.63) is 29.8 Å². The molecular formula is C15H21NO2. The second-order valence-corrected chi connectivity index (χ2v) is 5.20. The van der Waals surface area contributed by atoms with Gasteiger partial charge in [0.25, 0.3) is 0 Å². The van der Waals surface area contributed by atoms with Crippen LogP contribution in [-0.4, -0.2) is 24.2 Å². The third-order valence-corrected chi connectivity index (χ3v) is 3.50. The van der Waals surface area contributed by atoms with E-state index < -0.39 is 5.97 Å². The van der Waals surface area contributed by atoms with Gasteiger partial charge in [0.2, 0.25) is 0 Å². The molecule has 0 atom stereocenters. The first-order valence-electron chi connectivity index (χ1n) is 6.68. The fraction of sp³-hybridized carbons (Fsp3) is 0.533. The average molecular weight is 247 g/mol. The van der Waals surface area contributed by atoms with Gasteiger partial charge in [-0.1, -0.05) is 30.5 Å². The van der Waals surface area contributed by atoms with E-state index in [9.17, 15) is 4.79 Å². The van der Waals surface area contributed by atoms with E-state index in [4.69, 9.17) is 5.11 Å². The molecule has 0 saturated heterocycles. The topological polar surface area (TPSA) is 40.5 Å². The molecule has 1 saturated carbocycles. The van der Waals surface area contributed by atoms with Crippen LogP contribution in [0.4, 0.5) is 5.69 Å². The molecule has 0 radical (unpaired) electrons. The Morgan fingerprint density at radius 3 is 2.50 bits per heavy atom. The Morgan fingerprint density at radius 1 is 1.28 bits per heavy atom. The Labute approximate surface area is 108 Å². The van der Waals surface area contributed by atoms with Crippen molar-refractivity contribution in [1.82, 2.24) is 0 Å². The van der Waals surface area contributed by atoms with Crippen LogP contribution in [0.2, 0.25) is 0 Å². The van der Waals surface area contributed by atoms with Gasteiger partial charge < -0.3 is 10.0 Å². The van der Waals surface area contributed by atoms with Crippen LogP contribution >= 0.6 is 0 Å². The number of hydrogen-bond acceptors (Lipinski definition) is 2. The number of anilines is 1. The Hall–Kier alpha value is -1.51. The van der Waals surface area contributed by atoms with E-state index in [1.807, 2.05) is 0 Å². The van der Waals surface area contributed by atoms with E-state index in [2.05, 4.69) is 36.1 Å². The maximum Gasteiger partial charge on any atom is 0.305 e. The molecule has 18 heavy (non-hydrogen) atoms. The van der Waals surface area contributed by atoms with Crippen molar-refractivity contribution in [3.8, 4) is 0 Å². The van der Waals surface area contributed by atoms with Crippen molar-refractivity contribution >= 4 is 11.7 Å². The smallest absolute Gasteiger partial charge is 0.305 e. The van der Waals surface area contributed by atoms with Gasteiger partial charge in [0, 0.05) is 18.8 Å². The number of carboxylic acid groups (broad SMARTS) is 1. The van der Waals surface area contributed by atoms with Gasteiger partial charge in [-0.25, -0.2) is 0 Å². The number of benzene rings is 1. The fourth-order valence-corrected chi connectivity index (χ4v) is 2.10. The van der Waals surface area contributed by atoms with Crippen LogP contribution in [0.15, 0.2) is 24.3 Å². The molecule has 0 aliphatic heterocycles. The Bertz CT molecular complexity index is 395. The summed E-state index contributed by atoms with van der Waals surface area (Å²) in [5, 5.41) is 8.82. The third kappa shape index (κ3) is 4.06. The number of aryl methyl sites for hydroxylation is 1. The summed E-state index contributed by atoms with van der Waals surface area (Å²) in [6.07, 6.45) is 4.09. The summed E-state index contributed by atoms with van der Waals surface area (Å²) in [5.41, 5.74) is 2.38. The lowest BCUT2D eigenvalue weighted by atomic mass is 10.2. The summed E-state index contributed by atoms with van der Waals surface area (Å²) >= 11 is 0. The van der Waals surface area contributed by atoms with Gasteiger partial charge in [0.05, 0.1) is 6.42 Å². The Balaban J connectivity index is 1.96. The standard InChI is InChI=1S/C15H21NO2/c1-12-2-6-14(7-3-12)16(11-9-15(17)18)10-8-13-4-5-13/h2-3,6-7,13H,4-5,8-11H2,1H3,(H,17,18). The van der Waals surface area contributed by atoms with Gasteiger partial charge in [-0.15, -0.1) is 0 Å². The molecule has 3 heteroatoms. The van der Waals surface area contributed by atoms with E-state index in [1.165, 1.54) is 24.8 Å². The number of hydrogen-bond donors (Lipinski definition) is 1. The summed E-state index contributed by atoms with van der Waals surface area (Å²) in [6, 6.07) is 8.34. The Morgan fingerprint density at radius 2 is 1.94 bits per heavy atom. The van der Waals surface area contributed by atoms with Gasteiger partial charge >= 0.3 is 5.97 Å². The highest BCUT2D eigenvalue weighted by molar-refractivity contribution is 5.67. The van der Waals surface area contributed by atoms with Crippen molar-refractivity contribution in [2.24, 2.45) is 5.92 Å². The van der Waals surface area contributed by atoms with Crippen molar-refractivity contribution in [2.75, 3.05) is 18.0 Å². The first-order valence-corrected chi connectivity index (χ1v) is 6.68. The molecule has 1 fully saturated rings. The number of carboxylic acids is 1. The normalized spacial score (nSPS) is 14.5. The number of rotatable bonds is 7. The van der Waals surface area contributed by atoms with Crippen molar-refractivity contribution in [3.63, 3.8) is 0 Å². The summed E-state index contributed by atoms with van der Waals surface area (Å²) in [5.74, 6) is 0.154. The van der Waals surface area contributed by atoms with Crippen LogP contribution < -0.4 is 4.90 Å². The van der Waals surface area contributed by atoms with Crippen molar-refractivity contribution in [1.29, 1.82) is 0 Å². The van der Waals surface area contributed by atoms with Gasteiger partial charge in [0.1, 0.15) is 0 Å². The summed E-state index contributed by atoms with van der Waals surface area (Å²) in [7, 11) is 0. The Kier molecular flexibility index (Phi) is 4.24. The molecule has 3 nitrogen and oxygen atoms in total. The summed E-state index contributed by atoms with van der Waals surface area (Å²) in [4.78, 5) is 12.9.